The Morgan fingerprint density at radius 1 is 1.38 bits per heavy atom. The van der Waals surface area contributed by atoms with Crippen molar-refractivity contribution in [3.8, 4) is 5.75 Å². The molecule has 0 spiro atoms. The summed E-state index contributed by atoms with van der Waals surface area (Å²) in [6.07, 6.45) is 0. The molecule has 2 aromatic rings. The van der Waals surface area contributed by atoms with Crippen molar-refractivity contribution in [2.45, 2.75) is 6.92 Å². The summed E-state index contributed by atoms with van der Waals surface area (Å²) in [5.74, 6) is 0.108. The van der Waals surface area contributed by atoms with Crippen molar-refractivity contribution in [3.63, 3.8) is 0 Å². The van der Waals surface area contributed by atoms with Gasteiger partial charge >= 0.3 is 0 Å². The summed E-state index contributed by atoms with van der Waals surface area (Å²) in [6.45, 7) is 1.83. The van der Waals surface area contributed by atoms with E-state index in [-0.39, 0.29) is 11.7 Å². The third-order valence-electron chi connectivity index (χ3n) is 2.67. The molecular weight excluding hydrogens is 204 g/mol. The van der Waals surface area contributed by atoms with Gasteiger partial charge in [-0.05, 0) is 24.6 Å². The van der Waals surface area contributed by atoms with E-state index in [9.17, 15) is 9.90 Å². The largest absolute Gasteiger partial charge is 0.507 e. The number of aromatic nitrogens is 1. The van der Waals surface area contributed by atoms with Gasteiger partial charge in [0.05, 0.1) is 0 Å². The van der Waals surface area contributed by atoms with Crippen molar-refractivity contribution < 1.29 is 9.90 Å². The number of hydrogen-bond donors (Lipinski definition) is 2. The molecular formula is C12H14N2O2. The maximum Gasteiger partial charge on any atom is 0.270 e. The fourth-order valence-corrected chi connectivity index (χ4v) is 1.83. The van der Waals surface area contributed by atoms with Crippen molar-refractivity contribution in [2.24, 2.45) is 0 Å². The predicted molar refractivity (Wildman–Crippen MR) is 62.7 cm³/mol. The molecule has 0 saturated carbocycles. The molecule has 0 bridgehead atoms. The molecule has 1 amide bonds. The summed E-state index contributed by atoms with van der Waals surface area (Å²) in [7, 11) is 3.40. The van der Waals surface area contributed by atoms with Gasteiger partial charge in [0.25, 0.3) is 5.91 Å². The average Bonchev–Trinajstić information content (AvgIpc) is 2.56. The molecule has 0 aliphatic carbocycles. The number of carbonyl (C=O) groups is 1. The molecule has 84 valence electrons. The maximum absolute atomic E-state index is 11.9. The smallest absolute Gasteiger partial charge is 0.270 e. The Kier molecular flexibility index (Phi) is 2.34. The van der Waals surface area contributed by atoms with Crippen LogP contribution in [0.25, 0.3) is 10.9 Å². The molecule has 0 atom stereocenters. The standard InChI is InChI=1S/C12H14N2O2/c1-7-10-8(5-4-6-9(10)15)13-11(7)12(16)14(2)3/h4-6,13,15H,1-3H3. The zero-order valence-electron chi connectivity index (χ0n) is 9.53. The molecule has 0 fully saturated rings. The number of fused-ring (bicyclic) bond motifs is 1. The first-order chi connectivity index (χ1) is 7.52. The van der Waals surface area contributed by atoms with Crippen LogP contribution >= 0.6 is 0 Å². The number of phenols is 1. The fraction of sp³-hybridized carbons (Fsp3) is 0.250. The van der Waals surface area contributed by atoms with Gasteiger partial charge in [-0.15, -0.1) is 0 Å². The first-order valence-corrected chi connectivity index (χ1v) is 5.04. The summed E-state index contributed by atoms with van der Waals surface area (Å²) in [6, 6.07) is 5.21. The number of hydrogen-bond acceptors (Lipinski definition) is 2. The minimum Gasteiger partial charge on any atom is -0.507 e. The number of nitrogens with one attached hydrogen (secondary N) is 1. The number of amides is 1. The lowest BCUT2D eigenvalue weighted by atomic mass is 10.1. The number of aryl methyl sites for hydroxylation is 1. The van der Waals surface area contributed by atoms with Gasteiger partial charge in [-0.1, -0.05) is 6.07 Å². The Morgan fingerprint density at radius 3 is 2.62 bits per heavy atom. The highest BCUT2D eigenvalue weighted by molar-refractivity contribution is 6.02. The quantitative estimate of drug-likeness (QED) is 0.767. The van der Waals surface area contributed by atoms with E-state index >= 15 is 0 Å². The third-order valence-corrected chi connectivity index (χ3v) is 2.67. The second-order valence-corrected chi connectivity index (χ2v) is 4.02. The number of nitrogens with zero attached hydrogens (tertiary/aromatic N) is 1. The van der Waals surface area contributed by atoms with Crippen molar-refractivity contribution in [3.05, 3.63) is 29.5 Å². The normalized spacial score (nSPS) is 10.7. The topological polar surface area (TPSA) is 56.3 Å². The second kappa shape index (κ2) is 3.56. The lowest BCUT2D eigenvalue weighted by Gasteiger charge is -2.09. The van der Waals surface area contributed by atoms with Crippen molar-refractivity contribution in [2.75, 3.05) is 14.1 Å². The van der Waals surface area contributed by atoms with Crippen molar-refractivity contribution in [1.29, 1.82) is 0 Å². The van der Waals surface area contributed by atoms with E-state index in [1.807, 2.05) is 13.0 Å². The number of aromatic hydroxyl groups is 1. The molecule has 2 rings (SSSR count). The Morgan fingerprint density at radius 2 is 2.06 bits per heavy atom. The highest BCUT2D eigenvalue weighted by atomic mass is 16.3. The minimum absolute atomic E-state index is 0.0897. The summed E-state index contributed by atoms with van der Waals surface area (Å²) in [4.78, 5) is 16.4. The number of carbonyl (C=O) groups excluding carboxylic acids is 1. The van der Waals surface area contributed by atoms with Crippen LogP contribution in [0, 0.1) is 6.92 Å². The van der Waals surface area contributed by atoms with E-state index in [1.165, 1.54) is 4.90 Å². The van der Waals surface area contributed by atoms with Gasteiger partial charge < -0.3 is 15.0 Å². The Labute approximate surface area is 93.5 Å². The van der Waals surface area contributed by atoms with Gasteiger partial charge in [0.1, 0.15) is 11.4 Å². The first kappa shape index (κ1) is 10.5. The fourth-order valence-electron chi connectivity index (χ4n) is 1.83. The highest BCUT2D eigenvalue weighted by Gasteiger charge is 2.17. The van der Waals surface area contributed by atoms with Crippen LogP contribution in [-0.4, -0.2) is 35.0 Å². The molecule has 4 heteroatoms. The number of phenolic OH excluding ortho intramolecular Hbond substituents is 1. The summed E-state index contributed by atoms with van der Waals surface area (Å²) < 4.78 is 0. The van der Waals surface area contributed by atoms with Crippen molar-refractivity contribution in [1.82, 2.24) is 9.88 Å². The SMILES string of the molecule is Cc1c(C(=O)N(C)C)[nH]c2cccc(O)c12. The first-order valence-electron chi connectivity index (χ1n) is 5.04. The molecule has 16 heavy (non-hydrogen) atoms. The summed E-state index contributed by atoms with van der Waals surface area (Å²) >= 11 is 0. The van der Waals surface area contributed by atoms with E-state index in [0.717, 1.165) is 11.1 Å². The second-order valence-electron chi connectivity index (χ2n) is 4.02. The Bertz CT molecular complexity index is 555. The van der Waals surface area contributed by atoms with Gasteiger partial charge in [0, 0.05) is 25.0 Å². The van der Waals surface area contributed by atoms with Gasteiger partial charge in [-0.3, -0.25) is 4.79 Å². The molecule has 2 N–H and O–H groups in total. The van der Waals surface area contributed by atoms with Crippen LogP contribution in [0.15, 0.2) is 18.2 Å². The molecule has 4 nitrogen and oxygen atoms in total. The lowest BCUT2D eigenvalue weighted by Crippen LogP contribution is -2.22. The molecule has 0 aliphatic heterocycles. The van der Waals surface area contributed by atoms with Gasteiger partial charge in [-0.2, -0.15) is 0 Å². The third kappa shape index (κ3) is 1.43. The highest BCUT2D eigenvalue weighted by Crippen LogP contribution is 2.29. The van der Waals surface area contributed by atoms with E-state index in [4.69, 9.17) is 0 Å². The average molecular weight is 218 g/mol. The maximum atomic E-state index is 11.9. The Hall–Kier alpha value is -1.97. The monoisotopic (exact) mass is 218 g/mol. The molecule has 0 saturated heterocycles. The molecule has 0 radical (unpaired) electrons. The van der Waals surface area contributed by atoms with Crippen molar-refractivity contribution >= 4 is 16.8 Å². The van der Waals surface area contributed by atoms with Crippen LogP contribution in [0.3, 0.4) is 0 Å². The number of aromatic amines is 1. The van der Waals surface area contributed by atoms with E-state index in [0.29, 0.717) is 11.1 Å². The van der Waals surface area contributed by atoms with Crippen LogP contribution in [0.1, 0.15) is 16.1 Å². The molecule has 1 aromatic heterocycles. The molecule has 0 unspecified atom stereocenters. The van der Waals surface area contributed by atoms with E-state index in [2.05, 4.69) is 4.98 Å². The van der Waals surface area contributed by atoms with Gasteiger partial charge in [-0.25, -0.2) is 0 Å². The molecule has 0 aliphatic rings. The number of rotatable bonds is 1. The summed E-state index contributed by atoms with van der Waals surface area (Å²) in [5.41, 5.74) is 2.09. The zero-order chi connectivity index (χ0) is 11.9. The Balaban J connectivity index is 2.70. The summed E-state index contributed by atoms with van der Waals surface area (Å²) in [5, 5.41) is 10.5. The van der Waals surface area contributed by atoms with Crippen LogP contribution in [-0.2, 0) is 0 Å². The van der Waals surface area contributed by atoms with Gasteiger partial charge in [0.15, 0.2) is 0 Å². The predicted octanol–water partition coefficient (Wildman–Crippen LogP) is 1.88. The lowest BCUT2D eigenvalue weighted by molar-refractivity contribution is 0.0822. The van der Waals surface area contributed by atoms with E-state index in [1.54, 1.807) is 26.2 Å². The zero-order valence-corrected chi connectivity index (χ0v) is 9.53. The minimum atomic E-state index is -0.0897. The molecule has 1 aromatic carbocycles. The number of benzene rings is 1. The van der Waals surface area contributed by atoms with Crippen LogP contribution in [0.4, 0.5) is 0 Å². The van der Waals surface area contributed by atoms with Crippen LogP contribution < -0.4 is 0 Å². The van der Waals surface area contributed by atoms with Crippen LogP contribution in [0.2, 0.25) is 0 Å². The number of H-pyrrole nitrogens is 1. The van der Waals surface area contributed by atoms with E-state index < -0.39 is 0 Å². The van der Waals surface area contributed by atoms with Crippen LogP contribution in [0.5, 0.6) is 5.75 Å². The van der Waals surface area contributed by atoms with Gasteiger partial charge in [0.2, 0.25) is 0 Å². The molecule has 1 heterocycles.